The number of nitrogens with one attached hydrogen (secondary N) is 1. The highest BCUT2D eigenvalue weighted by atomic mass is 16.5. The van der Waals surface area contributed by atoms with Crippen LogP contribution in [0.2, 0.25) is 0 Å². The van der Waals surface area contributed by atoms with Gasteiger partial charge in [-0.3, -0.25) is 10.3 Å². The van der Waals surface area contributed by atoms with Gasteiger partial charge in [0.05, 0.1) is 6.10 Å². The number of rotatable bonds is 5. The van der Waals surface area contributed by atoms with E-state index in [1.54, 1.807) is 30.3 Å². The van der Waals surface area contributed by atoms with Crippen LogP contribution >= 0.6 is 0 Å². The van der Waals surface area contributed by atoms with Crippen LogP contribution in [-0.2, 0) is 11.3 Å². The van der Waals surface area contributed by atoms with Gasteiger partial charge in [-0.05, 0) is 31.4 Å². The Balaban J connectivity index is 1.68. The van der Waals surface area contributed by atoms with Gasteiger partial charge in [-0.15, -0.1) is 0 Å². The van der Waals surface area contributed by atoms with Crippen LogP contribution in [0.1, 0.15) is 24.2 Å². The molecule has 0 saturated carbocycles. The minimum Gasteiger partial charge on any atom is -0.376 e. The molecule has 0 aromatic carbocycles. The molecule has 7 nitrogen and oxygen atoms in total. The molecule has 1 fully saturated rings. The van der Waals surface area contributed by atoms with Crippen LogP contribution in [0.5, 0.6) is 0 Å². The van der Waals surface area contributed by atoms with Crippen molar-refractivity contribution >= 4 is 11.8 Å². The second-order valence-electron chi connectivity index (χ2n) is 5.63. The molecular formula is C16H20N4O3. The molecule has 0 spiro atoms. The molecule has 1 aliphatic heterocycles. The molecular weight excluding hydrogens is 296 g/mol. The highest BCUT2D eigenvalue weighted by Crippen LogP contribution is 2.16. The molecule has 2 aromatic heterocycles. The molecule has 3 rings (SSSR count). The maximum absolute atomic E-state index is 12.6. The van der Waals surface area contributed by atoms with Crippen LogP contribution in [0.3, 0.4) is 0 Å². The predicted octanol–water partition coefficient (Wildman–Crippen LogP) is 2.59. The van der Waals surface area contributed by atoms with Crippen molar-refractivity contribution in [3.8, 4) is 0 Å². The molecule has 1 atom stereocenters. The number of amides is 2. The number of urea groups is 1. The van der Waals surface area contributed by atoms with Crippen molar-refractivity contribution < 1.29 is 14.1 Å². The van der Waals surface area contributed by atoms with Gasteiger partial charge in [-0.25, -0.2) is 4.79 Å². The van der Waals surface area contributed by atoms with Crippen LogP contribution in [-0.4, -0.2) is 40.3 Å². The monoisotopic (exact) mass is 316 g/mol. The van der Waals surface area contributed by atoms with Crippen LogP contribution in [0.25, 0.3) is 0 Å². The average molecular weight is 316 g/mol. The second kappa shape index (κ2) is 7.23. The molecule has 0 radical (unpaired) electrons. The predicted molar refractivity (Wildman–Crippen MR) is 83.9 cm³/mol. The number of pyridine rings is 1. The zero-order chi connectivity index (χ0) is 16.1. The van der Waals surface area contributed by atoms with Gasteiger partial charge in [0.1, 0.15) is 5.76 Å². The number of anilines is 1. The summed E-state index contributed by atoms with van der Waals surface area (Å²) in [7, 11) is 0. The van der Waals surface area contributed by atoms with Gasteiger partial charge >= 0.3 is 6.03 Å². The lowest BCUT2D eigenvalue weighted by atomic mass is 10.2. The molecule has 1 saturated heterocycles. The molecule has 2 aromatic rings. The summed E-state index contributed by atoms with van der Waals surface area (Å²) >= 11 is 0. The number of ether oxygens (including phenoxy) is 1. The van der Waals surface area contributed by atoms with E-state index in [1.807, 2.05) is 12.1 Å². The van der Waals surface area contributed by atoms with E-state index in [0.29, 0.717) is 24.7 Å². The lowest BCUT2D eigenvalue weighted by Gasteiger charge is -2.25. The molecule has 7 heteroatoms. The van der Waals surface area contributed by atoms with Crippen LogP contribution in [0.15, 0.2) is 35.1 Å². The Morgan fingerprint density at radius 1 is 1.52 bits per heavy atom. The van der Waals surface area contributed by atoms with Gasteiger partial charge in [-0.1, -0.05) is 11.2 Å². The smallest absolute Gasteiger partial charge is 0.323 e. The number of hydrogen-bond acceptors (Lipinski definition) is 5. The Morgan fingerprint density at radius 2 is 2.43 bits per heavy atom. The topological polar surface area (TPSA) is 80.5 Å². The summed E-state index contributed by atoms with van der Waals surface area (Å²) < 4.78 is 10.6. The highest BCUT2D eigenvalue weighted by molar-refractivity contribution is 5.88. The van der Waals surface area contributed by atoms with Crippen molar-refractivity contribution in [2.75, 3.05) is 18.5 Å². The molecule has 23 heavy (non-hydrogen) atoms. The highest BCUT2D eigenvalue weighted by Gasteiger charge is 2.23. The van der Waals surface area contributed by atoms with Gasteiger partial charge < -0.3 is 14.2 Å². The molecule has 3 heterocycles. The lowest BCUT2D eigenvalue weighted by Crippen LogP contribution is -2.39. The lowest BCUT2D eigenvalue weighted by molar-refractivity contribution is 0.0819. The summed E-state index contributed by atoms with van der Waals surface area (Å²) in [4.78, 5) is 18.4. The maximum atomic E-state index is 12.6. The summed E-state index contributed by atoms with van der Waals surface area (Å²) in [6.07, 6.45) is 5.56. The third kappa shape index (κ3) is 4.29. The minimum atomic E-state index is -0.224. The summed E-state index contributed by atoms with van der Waals surface area (Å²) in [5, 5.41) is 6.56. The zero-order valence-electron chi connectivity index (χ0n) is 13.1. The summed E-state index contributed by atoms with van der Waals surface area (Å²) in [6, 6.07) is 5.27. The van der Waals surface area contributed by atoms with Gasteiger partial charge in [0.2, 0.25) is 0 Å². The van der Waals surface area contributed by atoms with Gasteiger partial charge in [-0.2, -0.15) is 0 Å². The molecule has 2 amide bonds. The second-order valence-corrected chi connectivity index (χ2v) is 5.63. The number of carbonyl (C=O) groups is 1. The van der Waals surface area contributed by atoms with Gasteiger partial charge in [0.25, 0.3) is 0 Å². The number of nitrogens with zero attached hydrogens (tertiary/aromatic N) is 3. The minimum absolute atomic E-state index is 0.0801. The van der Waals surface area contributed by atoms with E-state index in [-0.39, 0.29) is 12.1 Å². The van der Waals surface area contributed by atoms with E-state index in [4.69, 9.17) is 9.26 Å². The number of hydrogen-bond donors (Lipinski definition) is 1. The average Bonchev–Trinajstić information content (AvgIpc) is 3.19. The number of aryl methyl sites for hydroxylation is 1. The standard InChI is InChI=1S/C16H20N4O3/c1-12-8-15(19-23-12)18-16(21)20(11-14-5-3-7-22-14)10-13-4-2-6-17-9-13/h2,4,6,8-9,14H,3,5,7,10-11H2,1H3,(H,18,19,21)/t14-/m1/s1. The van der Waals surface area contributed by atoms with E-state index >= 15 is 0 Å². The van der Waals surface area contributed by atoms with Crippen molar-refractivity contribution in [1.29, 1.82) is 0 Å². The third-order valence-corrected chi connectivity index (χ3v) is 3.69. The Morgan fingerprint density at radius 3 is 3.09 bits per heavy atom. The first-order chi connectivity index (χ1) is 11.2. The quantitative estimate of drug-likeness (QED) is 0.917. The van der Waals surface area contributed by atoms with Gasteiger partial charge in [0.15, 0.2) is 5.82 Å². The number of carbonyl (C=O) groups excluding carboxylic acids is 1. The van der Waals surface area contributed by atoms with E-state index in [0.717, 1.165) is 25.0 Å². The van der Waals surface area contributed by atoms with Crippen molar-refractivity contribution in [3.05, 3.63) is 41.9 Å². The summed E-state index contributed by atoms with van der Waals surface area (Å²) in [6.45, 7) is 3.55. The first-order valence-corrected chi connectivity index (χ1v) is 7.70. The zero-order valence-corrected chi connectivity index (χ0v) is 13.1. The fourth-order valence-electron chi connectivity index (χ4n) is 2.58. The summed E-state index contributed by atoms with van der Waals surface area (Å²) in [5.41, 5.74) is 0.969. The van der Waals surface area contributed by atoms with E-state index in [1.165, 1.54) is 0 Å². The Hall–Kier alpha value is -2.41. The normalized spacial score (nSPS) is 17.2. The first kappa shape index (κ1) is 15.5. The van der Waals surface area contributed by atoms with E-state index in [9.17, 15) is 4.79 Å². The first-order valence-electron chi connectivity index (χ1n) is 7.70. The van der Waals surface area contributed by atoms with Crippen molar-refractivity contribution in [3.63, 3.8) is 0 Å². The fraction of sp³-hybridized carbons (Fsp3) is 0.438. The van der Waals surface area contributed by atoms with Crippen LogP contribution in [0, 0.1) is 6.92 Å². The molecule has 1 N–H and O–H groups in total. The number of aromatic nitrogens is 2. The van der Waals surface area contributed by atoms with Crippen LogP contribution < -0.4 is 5.32 Å². The largest absolute Gasteiger partial charge is 0.376 e. The molecule has 0 bridgehead atoms. The van der Waals surface area contributed by atoms with Gasteiger partial charge in [0, 0.05) is 38.2 Å². The molecule has 0 unspecified atom stereocenters. The fourth-order valence-corrected chi connectivity index (χ4v) is 2.58. The maximum Gasteiger partial charge on any atom is 0.323 e. The molecule has 1 aliphatic rings. The van der Waals surface area contributed by atoms with E-state index < -0.39 is 0 Å². The van der Waals surface area contributed by atoms with Crippen molar-refractivity contribution in [2.45, 2.75) is 32.4 Å². The Kier molecular flexibility index (Phi) is 4.87. The van der Waals surface area contributed by atoms with Crippen molar-refractivity contribution in [2.24, 2.45) is 0 Å². The molecule has 0 aliphatic carbocycles. The Bertz CT molecular complexity index is 638. The SMILES string of the molecule is Cc1cc(NC(=O)N(Cc2cccnc2)C[C@H]2CCCO2)no1. The van der Waals surface area contributed by atoms with Crippen molar-refractivity contribution in [1.82, 2.24) is 15.0 Å². The molecule has 122 valence electrons. The van der Waals surface area contributed by atoms with E-state index in [2.05, 4.69) is 15.5 Å². The Labute approximate surface area is 134 Å². The van der Waals surface area contributed by atoms with Crippen LogP contribution in [0.4, 0.5) is 10.6 Å². The third-order valence-electron chi connectivity index (χ3n) is 3.69. The summed E-state index contributed by atoms with van der Waals surface area (Å²) in [5.74, 6) is 1.06.